The molecule has 1 N–H and O–H groups in total. The lowest BCUT2D eigenvalue weighted by molar-refractivity contribution is 0.796. The van der Waals surface area contributed by atoms with E-state index in [1.165, 1.54) is 39.3 Å². The van der Waals surface area contributed by atoms with Crippen LogP contribution in [0.3, 0.4) is 0 Å². The van der Waals surface area contributed by atoms with Gasteiger partial charge in [0.1, 0.15) is 5.01 Å². The zero-order valence-electron chi connectivity index (χ0n) is 10.5. The van der Waals surface area contributed by atoms with Crippen molar-refractivity contribution in [1.82, 2.24) is 10.3 Å². The number of thioether (sulfide) groups is 2. The molecule has 17 heavy (non-hydrogen) atoms. The van der Waals surface area contributed by atoms with E-state index >= 15 is 0 Å². The number of hydrogen-bond acceptors (Lipinski definition) is 5. The summed E-state index contributed by atoms with van der Waals surface area (Å²) in [5.74, 6) is 3.82. The first kappa shape index (κ1) is 13.7. The quantitative estimate of drug-likeness (QED) is 0.898. The molecule has 1 aromatic rings. The number of nitrogens with zero attached hydrogens (tertiary/aromatic N) is 1. The molecule has 96 valence electrons. The Labute approximate surface area is 116 Å². The molecule has 1 saturated heterocycles. The van der Waals surface area contributed by atoms with Gasteiger partial charge in [0.25, 0.3) is 0 Å². The second-order valence-corrected chi connectivity index (χ2v) is 7.71. The molecule has 0 radical (unpaired) electrons. The molecule has 1 fully saturated rings. The molecule has 0 spiro atoms. The van der Waals surface area contributed by atoms with E-state index in [4.69, 9.17) is 4.98 Å². The Morgan fingerprint density at radius 1 is 1.41 bits per heavy atom. The van der Waals surface area contributed by atoms with E-state index in [0.29, 0.717) is 5.25 Å². The molecule has 1 aliphatic heterocycles. The van der Waals surface area contributed by atoms with Crippen LogP contribution in [-0.2, 0) is 13.0 Å². The van der Waals surface area contributed by atoms with E-state index in [9.17, 15) is 0 Å². The molecule has 1 aromatic heterocycles. The fraction of sp³-hybridized carbons (Fsp3) is 0.750. The maximum Gasteiger partial charge on any atom is 0.107 e. The van der Waals surface area contributed by atoms with Crippen molar-refractivity contribution in [3.63, 3.8) is 0 Å². The minimum absolute atomic E-state index is 0.639. The molecule has 0 amide bonds. The van der Waals surface area contributed by atoms with Crippen LogP contribution in [0.5, 0.6) is 0 Å². The third-order valence-electron chi connectivity index (χ3n) is 2.71. The average Bonchev–Trinajstić information content (AvgIpc) is 2.75. The monoisotopic (exact) mass is 288 g/mol. The smallest absolute Gasteiger partial charge is 0.107 e. The fourth-order valence-electron chi connectivity index (χ4n) is 1.90. The molecular weight excluding hydrogens is 268 g/mol. The van der Waals surface area contributed by atoms with Gasteiger partial charge in [-0.1, -0.05) is 13.3 Å². The first-order valence-electron chi connectivity index (χ1n) is 6.17. The van der Waals surface area contributed by atoms with E-state index in [-0.39, 0.29) is 0 Å². The topological polar surface area (TPSA) is 24.9 Å². The third kappa shape index (κ3) is 3.63. The minimum Gasteiger partial charge on any atom is -0.315 e. The molecule has 1 aliphatic rings. The summed E-state index contributed by atoms with van der Waals surface area (Å²) in [5, 5.41) is 5.25. The van der Waals surface area contributed by atoms with Gasteiger partial charge in [-0.3, -0.25) is 0 Å². The highest BCUT2D eigenvalue weighted by atomic mass is 32.2. The summed E-state index contributed by atoms with van der Waals surface area (Å²) >= 11 is 6.07. The summed E-state index contributed by atoms with van der Waals surface area (Å²) in [7, 11) is 2.01. The Kier molecular flexibility index (Phi) is 5.66. The van der Waals surface area contributed by atoms with Crippen LogP contribution in [0.15, 0.2) is 0 Å². The Bertz CT molecular complexity index is 322. The largest absolute Gasteiger partial charge is 0.315 e. The third-order valence-corrected chi connectivity index (χ3v) is 6.83. The van der Waals surface area contributed by atoms with Gasteiger partial charge in [-0.2, -0.15) is 11.8 Å². The van der Waals surface area contributed by atoms with Crippen molar-refractivity contribution in [1.29, 1.82) is 0 Å². The van der Waals surface area contributed by atoms with Crippen LogP contribution in [0.1, 0.15) is 34.2 Å². The Morgan fingerprint density at radius 2 is 2.29 bits per heavy atom. The number of hydrogen-bond donors (Lipinski definition) is 1. The molecular formula is C12H20N2S3. The van der Waals surface area contributed by atoms with Crippen molar-refractivity contribution >= 4 is 34.9 Å². The van der Waals surface area contributed by atoms with Crippen molar-refractivity contribution in [2.75, 3.05) is 24.3 Å². The van der Waals surface area contributed by atoms with Gasteiger partial charge < -0.3 is 5.32 Å². The lowest BCUT2D eigenvalue weighted by Gasteiger charge is -2.18. The molecule has 0 aromatic carbocycles. The van der Waals surface area contributed by atoms with Crippen LogP contribution < -0.4 is 5.32 Å². The highest BCUT2D eigenvalue weighted by Gasteiger charge is 2.21. The van der Waals surface area contributed by atoms with Crippen LogP contribution in [-0.4, -0.2) is 29.3 Å². The summed E-state index contributed by atoms with van der Waals surface area (Å²) in [6.07, 6.45) is 2.31. The van der Waals surface area contributed by atoms with Crippen LogP contribution in [0.25, 0.3) is 0 Å². The minimum atomic E-state index is 0.639. The highest BCUT2D eigenvalue weighted by molar-refractivity contribution is 8.06. The van der Waals surface area contributed by atoms with Gasteiger partial charge in [-0.15, -0.1) is 23.1 Å². The first-order chi connectivity index (χ1) is 8.35. The average molecular weight is 289 g/mol. The van der Waals surface area contributed by atoms with Crippen LogP contribution in [0.2, 0.25) is 0 Å². The van der Waals surface area contributed by atoms with Crippen LogP contribution >= 0.6 is 34.9 Å². The molecule has 2 heterocycles. The van der Waals surface area contributed by atoms with Crippen molar-refractivity contribution < 1.29 is 0 Å². The molecule has 1 unspecified atom stereocenters. The number of aromatic nitrogens is 1. The van der Waals surface area contributed by atoms with E-state index in [0.717, 1.165) is 13.0 Å². The zero-order chi connectivity index (χ0) is 12.1. The van der Waals surface area contributed by atoms with Crippen LogP contribution in [0.4, 0.5) is 0 Å². The Hall–Kier alpha value is 0.290. The summed E-state index contributed by atoms with van der Waals surface area (Å²) < 4.78 is 0. The maximum atomic E-state index is 4.89. The van der Waals surface area contributed by atoms with Gasteiger partial charge in [0.2, 0.25) is 0 Å². The molecule has 0 aliphatic carbocycles. The number of thiazole rings is 1. The normalized spacial score (nSPS) is 20.7. The summed E-state index contributed by atoms with van der Waals surface area (Å²) in [5.41, 5.74) is 1.33. The second kappa shape index (κ2) is 7.02. The zero-order valence-corrected chi connectivity index (χ0v) is 12.9. The highest BCUT2D eigenvalue weighted by Crippen LogP contribution is 2.39. The van der Waals surface area contributed by atoms with E-state index < -0.39 is 0 Å². The van der Waals surface area contributed by atoms with Gasteiger partial charge in [0, 0.05) is 28.7 Å². The van der Waals surface area contributed by atoms with Gasteiger partial charge >= 0.3 is 0 Å². The van der Waals surface area contributed by atoms with Gasteiger partial charge in [0.15, 0.2) is 0 Å². The Morgan fingerprint density at radius 3 is 2.94 bits per heavy atom. The van der Waals surface area contributed by atoms with Gasteiger partial charge in [-0.05, 0) is 13.5 Å². The molecule has 1 atom stereocenters. The standard InChI is InChI=1S/C12H20N2S3/c1-3-4-9-10(7-13-2)17-12(14-9)11-8-15-5-6-16-11/h11,13H,3-8H2,1-2H3. The number of nitrogens with one attached hydrogen (secondary N) is 1. The predicted molar refractivity (Wildman–Crippen MR) is 81.4 cm³/mol. The van der Waals surface area contributed by atoms with Crippen molar-refractivity contribution in [2.45, 2.75) is 31.6 Å². The lowest BCUT2D eigenvalue weighted by Crippen LogP contribution is -2.06. The van der Waals surface area contributed by atoms with Crippen molar-refractivity contribution in [3.8, 4) is 0 Å². The van der Waals surface area contributed by atoms with E-state index in [2.05, 4.69) is 35.8 Å². The number of rotatable bonds is 5. The van der Waals surface area contributed by atoms with E-state index in [1.54, 1.807) is 0 Å². The molecule has 5 heteroatoms. The SMILES string of the molecule is CCCc1nc(C2CSCCS2)sc1CNC. The first-order valence-corrected chi connectivity index (χ1v) is 9.19. The maximum absolute atomic E-state index is 4.89. The van der Waals surface area contributed by atoms with Gasteiger partial charge in [0.05, 0.1) is 10.9 Å². The number of aryl methyl sites for hydroxylation is 1. The molecule has 0 saturated carbocycles. The molecule has 2 nitrogen and oxygen atoms in total. The summed E-state index contributed by atoms with van der Waals surface area (Å²) in [6.45, 7) is 3.20. The van der Waals surface area contributed by atoms with Gasteiger partial charge in [-0.25, -0.2) is 4.98 Å². The van der Waals surface area contributed by atoms with Crippen molar-refractivity contribution in [2.24, 2.45) is 0 Å². The molecule has 2 rings (SSSR count). The van der Waals surface area contributed by atoms with E-state index in [1.807, 2.05) is 18.4 Å². The summed E-state index contributed by atoms with van der Waals surface area (Å²) in [6, 6.07) is 0. The Balaban J connectivity index is 2.13. The lowest BCUT2D eigenvalue weighted by atomic mass is 10.2. The fourth-order valence-corrected chi connectivity index (χ4v) is 6.01. The van der Waals surface area contributed by atoms with Crippen LogP contribution in [0, 0.1) is 0 Å². The second-order valence-electron chi connectivity index (χ2n) is 4.14. The van der Waals surface area contributed by atoms with Crippen molar-refractivity contribution in [3.05, 3.63) is 15.6 Å². The predicted octanol–water partition coefficient (Wildman–Crippen LogP) is 3.34. The molecule has 0 bridgehead atoms. The summed E-state index contributed by atoms with van der Waals surface area (Å²) in [4.78, 5) is 6.33.